The molecule has 0 radical (unpaired) electrons. The van der Waals surface area contributed by atoms with Gasteiger partial charge in [-0.1, -0.05) is 13.8 Å². The highest BCUT2D eigenvalue weighted by Crippen LogP contribution is 2.34. The first-order valence-electron chi connectivity index (χ1n) is 6.66. The van der Waals surface area contributed by atoms with Gasteiger partial charge in [0.2, 0.25) is 10.0 Å². The Hall–Kier alpha value is -0.660. The lowest BCUT2D eigenvalue weighted by Gasteiger charge is -2.21. The Balaban J connectivity index is 2.41. The van der Waals surface area contributed by atoms with Crippen LogP contribution in [0.15, 0.2) is 21.6 Å². The number of nitrogens with zero attached hydrogens (tertiary/aromatic N) is 2. The molecule has 1 aromatic heterocycles. The van der Waals surface area contributed by atoms with Crippen LogP contribution in [0.25, 0.3) is 0 Å². The monoisotopic (exact) mass is 361 g/mol. The lowest BCUT2D eigenvalue weighted by molar-refractivity contribution is 0.375. The number of hydrogen-bond acceptors (Lipinski definition) is 4. The Kier molecular flexibility index (Phi) is 4.41. The summed E-state index contributed by atoms with van der Waals surface area (Å²) in [6.07, 6.45) is 2.48. The van der Waals surface area contributed by atoms with Crippen molar-refractivity contribution in [2.24, 2.45) is 5.41 Å². The van der Waals surface area contributed by atoms with E-state index in [1.807, 2.05) is 6.92 Å². The predicted molar refractivity (Wildman–Crippen MR) is 83.3 cm³/mol. The molecule has 5 nitrogen and oxygen atoms in total. The number of halogens is 1. The quantitative estimate of drug-likeness (QED) is 0.895. The van der Waals surface area contributed by atoms with Crippen LogP contribution in [0.3, 0.4) is 0 Å². The molecule has 0 atom stereocenters. The molecule has 0 amide bonds. The average Bonchev–Trinajstić information content (AvgIpc) is 2.73. The molecule has 1 saturated heterocycles. The minimum Gasteiger partial charge on any atom is -0.369 e. The molecule has 0 aliphatic carbocycles. The van der Waals surface area contributed by atoms with Crippen LogP contribution in [0.2, 0.25) is 0 Å². The van der Waals surface area contributed by atoms with E-state index >= 15 is 0 Å². The summed E-state index contributed by atoms with van der Waals surface area (Å²) in [6, 6.07) is 1.62. The second-order valence-corrected chi connectivity index (χ2v) is 8.61. The molecule has 0 unspecified atom stereocenters. The summed E-state index contributed by atoms with van der Waals surface area (Å²) in [5.74, 6) is 0.417. The summed E-state index contributed by atoms with van der Waals surface area (Å²) in [5, 5.41) is 3.02. The second-order valence-electron chi connectivity index (χ2n) is 5.78. The maximum Gasteiger partial charge on any atom is 0.246 e. The van der Waals surface area contributed by atoms with Gasteiger partial charge in [-0.15, -0.1) is 0 Å². The Labute approximate surface area is 129 Å². The van der Waals surface area contributed by atoms with Crippen molar-refractivity contribution in [1.29, 1.82) is 0 Å². The summed E-state index contributed by atoms with van der Waals surface area (Å²) in [6.45, 7) is 7.84. The van der Waals surface area contributed by atoms with Gasteiger partial charge in [-0.3, -0.25) is 0 Å². The van der Waals surface area contributed by atoms with Crippen LogP contribution in [-0.4, -0.2) is 37.3 Å². The molecule has 0 spiro atoms. The third kappa shape index (κ3) is 3.15. The van der Waals surface area contributed by atoms with Crippen LogP contribution in [0.5, 0.6) is 0 Å². The Morgan fingerprint density at radius 3 is 2.75 bits per heavy atom. The van der Waals surface area contributed by atoms with Crippen molar-refractivity contribution in [3.8, 4) is 0 Å². The Morgan fingerprint density at radius 2 is 2.20 bits per heavy atom. The van der Waals surface area contributed by atoms with Crippen molar-refractivity contribution < 1.29 is 8.42 Å². The lowest BCUT2D eigenvalue weighted by atomic mass is 9.93. The van der Waals surface area contributed by atoms with Crippen molar-refractivity contribution in [2.45, 2.75) is 32.1 Å². The minimum atomic E-state index is -3.51. The summed E-state index contributed by atoms with van der Waals surface area (Å²) in [4.78, 5) is 4.42. The summed E-state index contributed by atoms with van der Waals surface area (Å²) >= 11 is 3.30. The van der Waals surface area contributed by atoms with Crippen molar-refractivity contribution in [1.82, 2.24) is 9.29 Å². The fraction of sp³-hybridized carbons (Fsp3) is 0.615. The van der Waals surface area contributed by atoms with Crippen molar-refractivity contribution in [2.75, 3.05) is 25.0 Å². The van der Waals surface area contributed by atoms with E-state index in [-0.39, 0.29) is 10.3 Å². The van der Waals surface area contributed by atoms with Crippen LogP contribution >= 0.6 is 15.9 Å². The van der Waals surface area contributed by atoms with E-state index in [4.69, 9.17) is 0 Å². The fourth-order valence-electron chi connectivity index (χ4n) is 2.32. The molecule has 2 heterocycles. The standard InChI is InChI=1S/C13H20BrN3O2S/c1-4-15-12-11(7-10(14)8-16-12)20(18,19)17-6-5-13(2,3)9-17/h7-8H,4-6,9H2,1-3H3,(H,15,16). The molecule has 1 fully saturated rings. The molecule has 2 rings (SSSR count). The Bertz CT molecular complexity index is 602. The van der Waals surface area contributed by atoms with Gasteiger partial charge in [0.1, 0.15) is 10.7 Å². The molecule has 0 bridgehead atoms. The minimum absolute atomic E-state index is 0.0326. The van der Waals surface area contributed by atoms with Crippen LogP contribution in [0.4, 0.5) is 5.82 Å². The SMILES string of the molecule is CCNc1ncc(Br)cc1S(=O)(=O)N1CCC(C)(C)C1. The highest BCUT2D eigenvalue weighted by atomic mass is 79.9. The average molecular weight is 362 g/mol. The molecule has 7 heteroatoms. The van der Waals surface area contributed by atoms with Crippen molar-refractivity contribution >= 4 is 31.8 Å². The lowest BCUT2D eigenvalue weighted by Crippen LogP contribution is -2.31. The molecular formula is C13H20BrN3O2S. The molecule has 20 heavy (non-hydrogen) atoms. The van der Waals surface area contributed by atoms with E-state index in [2.05, 4.69) is 40.1 Å². The predicted octanol–water partition coefficient (Wildman–Crippen LogP) is 2.70. The number of pyridine rings is 1. The van der Waals surface area contributed by atoms with Gasteiger partial charge in [-0.05, 0) is 40.8 Å². The molecule has 112 valence electrons. The molecule has 0 aromatic carbocycles. The fourth-order valence-corrected chi connectivity index (χ4v) is 4.58. The highest BCUT2D eigenvalue weighted by molar-refractivity contribution is 9.10. The maximum atomic E-state index is 12.8. The maximum absolute atomic E-state index is 12.8. The molecule has 1 aromatic rings. The highest BCUT2D eigenvalue weighted by Gasteiger charge is 2.38. The van der Waals surface area contributed by atoms with Crippen LogP contribution in [0.1, 0.15) is 27.2 Å². The van der Waals surface area contributed by atoms with Gasteiger partial charge in [0, 0.05) is 30.3 Å². The second kappa shape index (κ2) is 5.61. The number of aromatic nitrogens is 1. The van der Waals surface area contributed by atoms with E-state index in [1.165, 1.54) is 0 Å². The van der Waals surface area contributed by atoms with Gasteiger partial charge in [-0.2, -0.15) is 4.31 Å². The van der Waals surface area contributed by atoms with E-state index in [0.717, 1.165) is 6.42 Å². The number of nitrogens with one attached hydrogen (secondary N) is 1. The van der Waals surface area contributed by atoms with E-state index in [0.29, 0.717) is 29.9 Å². The van der Waals surface area contributed by atoms with E-state index < -0.39 is 10.0 Å². The third-order valence-electron chi connectivity index (χ3n) is 3.42. The zero-order chi connectivity index (χ0) is 15.0. The molecule has 1 aliphatic rings. The van der Waals surface area contributed by atoms with Gasteiger partial charge in [-0.25, -0.2) is 13.4 Å². The van der Waals surface area contributed by atoms with E-state index in [9.17, 15) is 8.42 Å². The number of anilines is 1. The van der Waals surface area contributed by atoms with Crippen LogP contribution in [-0.2, 0) is 10.0 Å². The largest absolute Gasteiger partial charge is 0.369 e. The number of rotatable bonds is 4. The first-order chi connectivity index (χ1) is 9.26. The first kappa shape index (κ1) is 15.7. The zero-order valence-electron chi connectivity index (χ0n) is 12.0. The van der Waals surface area contributed by atoms with Gasteiger partial charge >= 0.3 is 0 Å². The van der Waals surface area contributed by atoms with Crippen molar-refractivity contribution in [3.05, 3.63) is 16.7 Å². The van der Waals surface area contributed by atoms with Gasteiger partial charge < -0.3 is 5.32 Å². The Morgan fingerprint density at radius 1 is 1.50 bits per heavy atom. The third-order valence-corrected chi connectivity index (χ3v) is 5.72. The van der Waals surface area contributed by atoms with Gasteiger partial charge in [0.25, 0.3) is 0 Å². The summed E-state index contributed by atoms with van der Waals surface area (Å²) in [5.41, 5.74) is 0.0326. The zero-order valence-corrected chi connectivity index (χ0v) is 14.4. The summed E-state index contributed by atoms with van der Waals surface area (Å²) in [7, 11) is -3.51. The topological polar surface area (TPSA) is 62.3 Å². The first-order valence-corrected chi connectivity index (χ1v) is 8.89. The number of hydrogen-bond donors (Lipinski definition) is 1. The molecule has 1 aliphatic heterocycles. The molecule has 1 N–H and O–H groups in total. The van der Waals surface area contributed by atoms with Crippen molar-refractivity contribution in [3.63, 3.8) is 0 Å². The molecule has 0 saturated carbocycles. The van der Waals surface area contributed by atoms with Crippen LogP contribution < -0.4 is 5.32 Å². The van der Waals surface area contributed by atoms with Gasteiger partial charge in [0.15, 0.2) is 0 Å². The smallest absolute Gasteiger partial charge is 0.246 e. The number of sulfonamides is 1. The van der Waals surface area contributed by atoms with Gasteiger partial charge in [0.05, 0.1) is 0 Å². The van der Waals surface area contributed by atoms with Crippen LogP contribution in [0, 0.1) is 5.41 Å². The molecular weight excluding hydrogens is 342 g/mol. The van der Waals surface area contributed by atoms with E-state index in [1.54, 1.807) is 16.6 Å². The normalized spacial score (nSPS) is 19.2. The summed E-state index contributed by atoms with van der Waals surface area (Å²) < 4.78 is 27.8.